The number of benzene rings is 1. The van der Waals surface area contributed by atoms with E-state index in [9.17, 15) is 4.79 Å². The van der Waals surface area contributed by atoms with Crippen molar-refractivity contribution in [3.05, 3.63) is 29.8 Å². The van der Waals surface area contributed by atoms with Crippen molar-refractivity contribution in [3.63, 3.8) is 0 Å². The highest BCUT2D eigenvalue weighted by molar-refractivity contribution is 7.98. The number of rotatable bonds is 4. The smallest absolute Gasteiger partial charge is 0.243 e. The Morgan fingerprint density at radius 2 is 2.10 bits per heavy atom. The summed E-state index contributed by atoms with van der Waals surface area (Å²) in [5.41, 5.74) is 8.79. The van der Waals surface area contributed by atoms with Crippen LogP contribution in [-0.2, 0) is 10.2 Å². The first-order chi connectivity index (χ1) is 10.2. The van der Waals surface area contributed by atoms with Crippen LogP contribution in [0.1, 0.15) is 37.7 Å². The van der Waals surface area contributed by atoms with Gasteiger partial charge in [0, 0.05) is 17.6 Å². The van der Waals surface area contributed by atoms with Gasteiger partial charge >= 0.3 is 0 Å². The molecule has 1 aliphatic heterocycles. The first kappa shape index (κ1) is 14.9. The van der Waals surface area contributed by atoms with Gasteiger partial charge in [0.25, 0.3) is 0 Å². The molecule has 1 fully saturated rings. The zero-order chi connectivity index (χ0) is 14.9. The number of carbonyl (C=O) groups excluding carboxylic acids is 1. The maximum atomic E-state index is 12.7. The van der Waals surface area contributed by atoms with Crippen molar-refractivity contribution in [3.8, 4) is 0 Å². The Labute approximate surface area is 131 Å². The fraction of sp³-hybridized carbons (Fsp3) is 0.588. The summed E-state index contributed by atoms with van der Waals surface area (Å²) in [6.07, 6.45) is 7.76. The molecule has 0 radical (unpaired) electrons. The van der Waals surface area contributed by atoms with Crippen LogP contribution in [0.15, 0.2) is 24.3 Å². The molecule has 2 N–H and O–H groups in total. The van der Waals surface area contributed by atoms with Crippen LogP contribution >= 0.6 is 11.8 Å². The molecular formula is C17H24N2OS. The lowest BCUT2D eigenvalue weighted by atomic mass is 9.81. The minimum absolute atomic E-state index is 0.0975. The fourth-order valence-electron chi connectivity index (χ4n) is 3.87. The predicted octanol–water partition coefficient (Wildman–Crippen LogP) is 2.93. The summed E-state index contributed by atoms with van der Waals surface area (Å²) in [6, 6.07) is 8.05. The Kier molecular flexibility index (Phi) is 4.27. The summed E-state index contributed by atoms with van der Waals surface area (Å²) in [7, 11) is 0. The number of hydrogen-bond donors (Lipinski definition) is 1. The van der Waals surface area contributed by atoms with Gasteiger partial charge in [-0.3, -0.25) is 4.79 Å². The number of carbonyl (C=O) groups is 1. The lowest BCUT2D eigenvalue weighted by Gasteiger charge is -2.26. The van der Waals surface area contributed by atoms with Gasteiger partial charge in [-0.05, 0) is 42.9 Å². The van der Waals surface area contributed by atoms with Crippen LogP contribution < -0.4 is 10.6 Å². The van der Waals surface area contributed by atoms with E-state index >= 15 is 0 Å². The molecule has 0 saturated heterocycles. The average Bonchev–Trinajstić information content (AvgIpc) is 3.11. The van der Waals surface area contributed by atoms with Crippen molar-refractivity contribution in [1.29, 1.82) is 0 Å². The summed E-state index contributed by atoms with van der Waals surface area (Å²) < 4.78 is 0. The summed E-state index contributed by atoms with van der Waals surface area (Å²) in [4.78, 5) is 14.7. The van der Waals surface area contributed by atoms with Crippen LogP contribution in [0.2, 0.25) is 0 Å². The molecule has 0 bridgehead atoms. The Bertz CT molecular complexity index is 525. The minimum atomic E-state index is -0.373. The molecule has 1 amide bonds. The highest BCUT2D eigenvalue weighted by atomic mass is 32.2. The third-order valence-electron chi connectivity index (χ3n) is 5.00. The first-order valence-corrected chi connectivity index (χ1v) is 9.23. The molecule has 1 aliphatic carbocycles. The molecule has 1 spiro atoms. The van der Waals surface area contributed by atoms with Gasteiger partial charge in [0.1, 0.15) is 0 Å². The van der Waals surface area contributed by atoms with Gasteiger partial charge in [-0.25, -0.2) is 0 Å². The lowest BCUT2D eigenvalue weighted by Crippen LogP contribution is -2.45. The monoisotopic (exact) mass is 304 g/mol. The van der Waals surface area contributed by atoms with Gasteiger partial charge in [-0.15, -0.1) is 0 Å². The van der Waals surface area contributed by atoms with Crippen LogP contribution in [0.5, 0.6) is 0 Å². The van der Waals surface area contributed by atoms with Crippen LogP contribution in [0, 0.1) is 0 Å². The highest BCUT2D eigenvalue weighted by Gasteiger charge is 2.46. The van der Waals surface area contributed by atoms with Crippen molar-refractivity contribution in [2.24, 2.45) is 5.73 Å². The summed E-state index contributed by atoms with van der Waals surface area (Å²) in [6.45, 7) is 0.831. The average molecular weight is 304 g/mol. The lowest BCUT2D eigenvalue weighted by molar-refractivity contribution is -0.119. The predicted molar refractivity (Wildman–Crippen MR) is 89.9 cm³/mol. The Balaban J connectivity index is 1.86. The maximum absolute atomic E-state index is 12.7. The number of nitrogens with two attached hydrogens (primary N) is 1. The van der Waals surface area contributed by atoms with Crippen molar-refractivity contribution in [2.75, 3.05) is 23.5 Å². The largest absolute Gasteiger partial charge is 0.320 e. The van der Waals surface area contributed by atoms with E-state index in [4.69, 9.17) is 5.73 Å². The molecule has 21 heavy (non-hydrogen) atoms. The van der Waals surface area contributed by atoms with Gasteiger partial charge in [-0.1, -0.05) is 31.0 Å². The quantitative estimate of drug-likeness (QED) is 0.930. The van der Waals surface area contributed by atoms with E-state index in [1.54, 1.807) is 11.8 Å². The molecule has 1 aromatic carbocycles. The van der Waals surface area contributed by atoms with Gasteiger partial charge in [0.05, 0.1) is 6.04 Å². The number of anilines is 1. The molecule has 1 heterocycles. The second-order valence-electron chi connectivity index (χ2n) is 6.32. The zero-order valence-corrected chi connectivity index (χ0v) is 13.5. The molecule has 1 aromatic rings. The normalized spacial score (nSPS) is 20.8. The van der Waals surface area contributed by atoms with Gasteiger partial charge in [0.15, 0.2) is 0 Å². The summed E-state index contributed by atoms with van der Waals surface area (Å²) in [5.74, 6) is 1.04. The van der Waals surface area contributed by atoms with Gasteiger partial charge < -0.3 is 10.6 Å². The third-order valence-corrected chi connectivity index (χ3v) is 5.65. The third kappa shape index (κ3) is 2.59. The molecule has 3 nitrogen and oxygen atoms in total. The number of hydrogen-bond acceptors (Lipinski definition) is 3. The van der Waals surface area contributed by atoms with Crippen molar-refractivity contribution in [2.45, 2.75) is 43.6 Å². The molecule has 3 rings (SSSR count). The molecule has 0 unspecified atom stereocenters. The molecule has 1 saturated carbocycles. The SMILES string of the molecule is CSCC[C@H](N)C(=O)N1CC2(CCCC2)c2ccccc21. The maximum Gasteiger partial charge on any atom is 0.243 e. The zero-order valence-electron chi connectivity index (χ0n) is 12.7. The van der Waals surface area contributed by atoms with E-state index in [1.807, 2.05) is 11.0 Å². The number of fused-ring (bicyclic) bond motifs is 2. The topological polar surface area (TPSA) is 46.3 Å². The molecule has 0 aromatic heterocycles. The molecule has 114 valence electrons. The number of para-hydroxylation sites is 1. The van der Waals surface area contributed by atoms with Crippen molar-refractivity contribution >= 4 is 23.4 Å². The van der Waals surface area contributed by atoms with Crippen LogP contribution in [-0.4, -0.2) is 30.5 Å². The number of amides is 1. The standard InChI is InChI=1S/C17H24N2OS/c1-21-11-8-14(18)16(20)19-12-17(9-4-5-10-17)13-6-2-3-7-15(13)19/h2-3,6-7,14H,4-5,8-12,18H2,1H3/t14-/m0/s1. The molecule has 1 atom stereocenters. The summed E-state index contributed by atoms with van der Waals surface area (Å²) in [5, 5.41) is 0. The Morgan fingerprint density at radius 1 is 1.38 bits per heavy atom. The second kappa shape index (κ2) is 6.01. The van der Waals surface area contributed by atoms with Gasteiger partial charge in [0.2, 0.25) is 5.91 Å². The Hall–Kier alpha value is -1.00. The first-order valence-electron chi connectivity index (χ1n) is 7.83. The molecule has 4 heteroatoms. The van der Waals surface area contributed by atoms with E-state index in [0.717, 1.165) is 24.4 Å². The van der Waals surface area contributed by atoms with E-state index in [-0.39, 0.29) is 17.4 Å². The van der Waals surface area contributed by atoms with Crippen molar-refractivity contribution < 1.29 is 4.79 Å². The van der Waals surface area contributed by atoms with Gasteiger partial charge in [-0.2, -0.15) is 11.8 Å². The highest BCUT2D eigenvalue weighted by Crippen LogP contribution is 2.50. The Morgan fingerprint density at radius 3 is 2.81 bits per heavy atom. The van der Waals surface area contributed by atoms with E-state index < -0.39 is 0 Å². The van der Waals surface area contributed by atoms with Crippen molar-refractivity contribution in [1.82, 2.24) is 0 Å². The van der Waals surface area contributed by atoms with Crippen LogP contribution in [0.25, 0.3) is 0 Å². The minimum Gasteiger partial charge on any atom is -0.320 e. The number of thioether (sulfide) groups is 1. The van der Waals surface area contributed by atoms with E-state index in [2.05, 4.69) is 24.5 Å². The molecular weight excluding hydrogens is 280 g/mol. The molecule has 2 aliphatic rings. The van der Waals surface area contributed by atoms with E-state index in [1.165, 1.54) is 31.2 Å². The van der Waals surface area contributed by atoms with Crippen LogP contribution in [0.3, 0.4) is 0 Å². The second-order valence-corrected chi connectivity index (χ2v) is 7.30. The fourth-order valence-corrected chi connectivity index (χ4v) is 4.36. The van der Waals surface area contributed by atoms with Crippen LogP contribution in [0.4, 0.5) is 5.69 Å². The number of nitrogens with zero attached hydrogens (tertiary/aromatic N) is 1. The van der Waals surface area contributed by atoms with E-state index in [0.29, 0.717) is 0 Å². The summed E-state index contributed by atoms with van der Waals surface area (Å²) >= 11 is 1.74.